The van der Waals surface area contributed by atoms with Gasteiger partial charge in [-0.1, -0.05) is 12.2 Å². The third kappa shape index (κ3) is 3.65. The van der Waals surface area contributed by atoms with Crippen molar-refractivity contribution < 1.29 is 4.79 Å². The summed E-state index contributed by atoms with van der Waals surface area (Å²) >= 11 is 1.70. The number of carbonyl (C=O) groups is 1. The molecule has 24 heavy (non-hydrogen) atoms. The first kappa shape index (κ1) is 17.4. The number of carbonyl (C=O) groups excluding carboxylic acids is 1. The number of thiophene rings is 1. The summed E-state index contributed by atoms with van der Waals surface area (Å²) in [5, 5.41) is 7.70. The first-order valence-electron chi connectivity index (χ1n) is 8.94. The van der Waals surface area contributed by atoms with Crippen LogP contribution in [0.5, 0.6) is 0 Å². The molecule has 1 aliphatic heterocycles. The Kier molecular flexibility index (Phi) is 5.57. The van der Waals surface area contributed by atoms with Gasteiger partial charge in [0.2, 0.25) is 5.91 Å². The molecule has 1 aromatic heterocycles. The fourth-order valence-electron chi connectivity index (χ4n) is 4.08. The van der Waals surface area contributed by atoms with E-state index < -0.39 is 0 Å². The Balaban J connectivity index is 1.78. The van der Waals surface area contributed by atoms with Crippen LogP contribution in [0.2, 0.25) is 0 Å². The summed E-state index contributed by atoms with van der Waals surface area (Å²) in [6, 6.07) is 2.54. The summed E-state index contributed by atoms with van der Waals surface area (Å²) in [7, 11) is 0. The van der Waals surface area contributed by atoms with Crippen molar-refractivity contribution in [2.24, 2.45) is 11.3 Å². The summed E-state index contributed by atoms with van der Waals surface area (Å²) in [5.74, 6) is 0.263. The van der Waals surface area contributed by atoms with Crippen molar-refractivity contribution in [3.63, 3.8) is 0 Å². The van der Waals surface area contributed by atoms with Crippen LogP contribution in [0.3, 0.4) is 0 Å². The van der Waals surface area contributed by atoms with Crippen LogP contribution in [0, 0.1) is 11.3 Å². The number of hydrogen-bond donors (Lipinski definition) is 1. The molecule has 0 radical (unpaired) electrons. The largest absolute Gasteiger partial charge is 0.335 e. The first-order chi connectivity index (χ1) is 11.7. The minimum Gasteiger partial charge on any atom is -0.335 e. The Morgan fingerprint density at radius 2 is 2.08 bits per heavy atom. The molecule has 4 heteroatoms. The van der Waals surface area contributed by atoms with E-state index in [1.807, 2.05) is 12.2 Å². The minimum absolute atomic E-state index is 0.0157. The maximum Gasteiger partial charge on any atom is 0.226 e. The zero-order valence-electron chi connectivity index (χ0n) is 14.4. The summed E-state index contributed by atoms with van der Waals surface area (Å²) in [6.07, 6.45) is 8.74. The van der Waals surface area contributed by atoms with Crippen molar-refractivity contribution in [2.45, 2.75) is 44.7 Å². The van der Waals surface area contributed by atoms with Gasteiger partial charge in [0.05, 0.1) is 0 Å². The van der Waals surface area contributed by atoms with Crippen LogP contribution in [0.15, 0.2) is 42.1 Å². The van der Waals surface area contributed by atoms with Gasteiger partial charge in [-0.05, 0) is 73.0 Å². The predicted molar refractivity (Wildman–Crippen MR) is 101 cm³/mol. The highest BCUT2D eigenvalue weighted by atomic mass is 32.1. The van der Waals surface area contributed by atoms with Crippen molar-refractivity contribution in [1.29, 1.82) is 0 Å². The highest BCUT2D eigenvalue weighted by Gasteiger charge is 2.58. The highest BCUT2D eigenvalue weighted by molar-refractivity contribution is 7.07. The van der Waals surface area contributed by atoms with Crippen LogP contribution < -0.4 is 5.32 Å². The van der Waals surface area contributed by atoms with Gasteiger partial charge >= 0.3 is 0 Å². The van der Waals surface area contributed by atoms with Crippen molar-refractivity contribution in [3.05, 3.63) is 47.7 Å². The Morgan fingerprint density at radius 3 is 2.67 bits per heavy atom. The van der Waals surface area contributed by atoms with Crippen molar-refractivity contribution >= 4 is 17.2 Å². The second kappa shape index (κ2) is 7.66. The third-order valence-corrected chi connectivity index (χ3v) is 6.32. The summed E-state index contributed by atoms with van der Waals surface area (Å²) in [4.78, 5) is 15.4. The van der Waals surface area contributed by atoms with Gasteiger partial charge in [-0.2, -0.15) is 11.3 Å². The van der Waals surface area contributed by atoms with Crippen LogP contribution in [0.1, 0.15) is 37.7 Å². The van der Waals surface area contributed by atoms with Crippen LogP contribution in [-0.4, -0.2) is 29.9 Å². The minimum atomic E-state index is -0.0157. The summed E-state index contributed by atoms with van der Waals surface area (Å²) < 4.78 is 0. The molecule has 1 saturated heterocycles. The number of amides is 1. The molecule has 1 atom stereocenters. The number of hydrogen-bond acceptors (Lipinski definition) is 3. The molecule has 0 bridgehead atoms. The second-order valence-corrected chi connectivity index (χ2v) is 7.96. The molecule has 2 fully saturated rings. The molecule has 2 heterocycles. The Bertz CT molecular complexity index is 564. The van der Waals surface area contributed by atoms with E-state index in [1.54, 1.807) is 11.3 Å². The number of allylic oxidation sites excluding steroid dienone is 2. The van der Waals surface area contributed by atoms with Gasteiger partial charge in [0.15, 0.2) is 0 Å². The van der Waals surface area contributed by atoms with Crippen molar-refractivity contribution in [1.82, 2.24) is 10.2 Å². The van der Waals surface area contributed by atoms with E-state index in [2.05, 4.69) is 40.2 Å². The number of nitrogens with zero attached hydrogens (tertiary/aromatic N) is 1. The Morgan fingerprint density at radius 1 is 1.38 bits per heavy atom. The molecule has 3 rings (SSSR count). The van der Waals surface area contributed by atoms with E-state index in [-0.39, 0.29) is 11.8 Å². The molecular weight excluding hydrogens is 316 g/mol. The second-order valence-electron chi connectivity index (χ2n) is 7.18. The lowest BCUT2D eigenvalue weighted by molar-refractivity contribution is -0.137. The van der Waals surface area contributed by atoms with Crippen LogP contribution >= 0.6 is 11.3 Å². The van der Waals surface area contributed by atoms with Crippen LogP contribution in [-0.2, 0) is 11.3 Å². The van der Waals surface area contributed by atoms with E-state index in [9.17, 15) is 4.79 Å². The molecule has 1 aliphatic carbocycles. The molecule has 2 aliphatic rings. The van der Waals surface area contributed by atoms with E-state index in [4.69, 9.17) is 0 Å². The molecular formula is C20H28N2OS. The molecule has 0 aromatic carbocycles. The lowest BCUT2D eigenvalue weighted by atomic mass is 9.92. The standard InChI is InChI=1S/C20H28N2OS/c1-3-5-17(6-4-2)19(23)22(14-16-7-12-24-15-16)18-13-20(18)8-10-21-11-9-20/h3-4,7,12,15,17-18,21H,1-2,5-6,8-11,13-14H2. The Hall–Kier alpha value is -1.39. The molecule has 1 amide bonds. The van der Waals surface area contributed by atoms with E-state index in [0.29, 0.717) is 11.5 Å². The first-order valence-corrected chi connectivity index (χ1v) is 9.88. The van der Waals surface area contributed by atoms with Crippen LogP contribution in [0.25, 0.3) is 0 Å². The van der Waals surface area contributed by atoms with Gasteiger partial charge in [-0.3, -0.25) is 4.79 Å². The summed E-state index contributed by atoms with van der Waals surface area (Å²) in [6.45, 7) is 10.6. The van der Waals surface area contributed by atoms with Crippen LogP contribution in [0.4, 0.5) is 0 Å². The molecule has 1 N–H and O–H groups in total. The van der Waals surface area contributed by atoms with E-state index >= 15 is 0 Å². The maximum absolute atomic E-state index is 13.3. The molecule has 1 aromatic rings. The number of rotatable bonds is 8. The normalized spacial score (nSPS) is 21.6. The van der Waals surface area contributed by atoms with Gasteiger partial charge in [0, 0.05) is 18.5 Å². The highest BCUT2D eigenvalue weighted by Crippen LogP contribution is 2.56. The van der Waals surface area contributed by atoms with Gasteiger partial charge in [-0.25, -0.2) is 0 Å². The van der Waals surface area contributed by atoms with E-state index in [1.165, 1.54) is 24.8 Å². The van der Waals surface area contributed by atoms with Gasteiger partial charge in [0.1, 0.15) is 0 Å². The topological polar surface area (TPSA) is 32.3 Å². The van der Waals surface area contributed by atoms with Crippen molar-refractivity contribution in [2.75, 3.05) is 13.1 Å². The molecule has 1 unspecified atom stereocenters. The zero-order valence-corrected chi connectivity index (χ0v) is 15.2. The van der Waals surface area contributed by atoms with Gasteiger partial charge < -0.3 is 10.2 Å². The van der Waals surface area contributed by atoms with E-state index in [0.717, 1.165) is 32.5 Å². The molecule has 130 valence electrons. The molecule has 1 saturated carbocycles. The maximum atomic E-state index is 13.3. The monoisotopic (exact) mass is 344 g/mol. The average molecular weight is 345 g/mol. The quantitative estimate of drug-likeness (QED) is 0.723. The molecule has 3 nitrogen and oxygen atoms in total. The number of piperidine rings is 1. The van der Waals surface area contributed by atoms with Gasteiger partial charge in [-0.15, -0.1) is 13.2 Å². The zero-order chi connectivity index (χ0) is 17.0. The fraction of sp³-hybridized carbons (Fsp3) is 0.550. The van der Waals surface area contributed by atoms with Crippen molar-refractivity contribution in [3.8, 4) is 0 Å². The molecule has 1 spiro atoms. The third-order valence-electron chi connectivity index (χ3n) is 5.59. The number of nitrogens with one attached hydrogen (secondary N) is 1. The van der Waals surface area contributed by atoms with Gasteiger partial charge in [0.25, 0.3) is 0 Å². The average Bonchev–Trinajstić information content (AvgIpc) is 3.03. The SMILES string of the molecule is C=CCC(CC=C)C(=O)N(Cc1ccsc1)C1CC12CCNCC2. The summed E-state index contributed by atoms with van der Waals surface area (Å²) in [5.41, 5.74) is 1.62. The lowest BCUT2D eigenvalue weighted by Gasteiger charge is -2.31. The smallest absolute Gasteiger partial charge is 0.226 e. The predicted octanol–water partition coefficient (Wildman–Crippen LogP) is 3.99. The Labute approximate surface area is 149 Å². The fourth-order valence-corrected chi connectivity index (χ4v) is 4.74. The lowest BCUT2D eigenvalue weighted by Crippen LogP contribution is -2.41.